The lowest BCUT2D eigenvalue weighted by atomic mass is 10.2. The van der Waals surface area contributed by atoms with Crippen LogP contribution in [0.1, 0.15) is 4.88 Å². The van der Waals surface area contributed by atoms with E-state index in [9.17, 15) is 14.9 Å². The van der Waals surface area contributed by atoms with Crippen molar-refractivity contribution in [2.75, 3.05) is 5.32 Å². The molecule has 0 atom stereocenters. The summed E-state index contributed by atoms with van der Waals surface area (Å²) >= 11 is 1.00. The quantitative estimate of drug-likeness (QED) is 0.289. The maximum atomic E-state index is 12.1. The zero-order chi connectivity index (χ0) is 19.5. The summed E-state index contributed by atoms with van der Waals surface area (Å²) in [6, 6.07) is 17.7. The average Bonchev–Trinajstić information content (AvgIpc) is 3.34. The average molecular weight is 391 g/mol. The minimum atomic E-state index is -0.459. The summed E-state index contributed by atoms with van der Waals surface area (Å²) < 4.78 is 5.75. The van der Waals surface area contributed by atoms with Gasteiger partial charge in [0.2, 0.25) is 11.8 Å². The zero-order valence-electron chi connectivity index (χ0n) is 14.4. The van der Waals surface area contributed by atoms with E-state index in [0.29, 0.717) is 22.0 Å². The monoisotopic (exact) mass is 391 g/mol. The fraction of sp³-hybridized carbons (Fsp3) is 0. The van der Waals surface area contributed by atoms with E-state index in [2.05, 4.69) is 10.3 Å². The van der Waals surface area contributed by atoms with E-state index in [4.69, 9.17) is 4.42 Å². The van der Waals surface area contributed by atoms with Crippen molar-refractivity contribution in [3.8, 4) is 11.5 Å². The first kappa shape index (κ1) is 17.6. The summed E-state index contributed by atoms with van der Waals surface area (Å²) in [5, 5.41) is 13.5. The second-order valence-corrected chi connectivity index (χ2v) is 6.92. The molecule has 8 heteroatoms. The minimum absolute atomic E-state index is 0.0334. The Labute approximate surface area is 163 Å². The van der Waals surface area contributed by atoms with Gasteiger partial charge in [-0.05, 0) is 42.5 Å². The minimum Gasteiger partial charge on any atom is -0.436 e. The molecular formula is C20H13N3O4S. The highest BCUT2D eigenvalue weighted by Crippen LogP contribution is 2.27. The van der Waals surface area contributed by atoms with E-state index < -0.39 is 4.92 Å². The molecule has 28 heavy (non-hydrogen) atoms. The van der Waals surface area contributed by atoms with Crippen molar-refractivity contribution in [3.05, 3.63) is 81.7 Å². The van der Waals surface area contributed by atoms with Crippen molar-refractivity contribution in [2.45, 2.75) is 0 Å². The van der Waals surface area contributed by atoms with Crippen LogP contribution in [0.3, 0.4) is 0 Å². The normalized spacial score (nSPS) is 11.1. The number of aromatic nitrogens is 1. The number of hydrogen-bond acceptors (Lipinski definition) is 6. The number of amides is 1. The summed E-state index contributed by atoms with van der Waals surface area (Å²) in [4.78, 5) is 27.5. The highest BCUT2D eigenvalue weighted by atomic mass is 32.1. The number of oxazole rings is 1. The highest BCUT2D eigenvalue weighted by Gasteiger charge is 2.10. The van der Waals surface area contributed by atoms with Gasteiger partial charge in [0.15, 0.2) is 5.58 Å². The van der Waals surface area contributed by atoms with Crippen LogP contribution >= 0.6 is 11.3 Å². The van der Waals surface area contributed by atoms with Gasteiger partial charge < -0.3 is 9.73 Å². The van der Waals surface area contributed by atoms with Crippen LogP contribution in [0.25, 0.3) is 28.6 Å². The van der Waals surface area contributed by atoms with Gasteiger partial charge in [0.25, 0.3) is 0 Å². The number of carbonyl (C=O) groups is 1. The highest BCUT2D eigenvalue weighted by molar-refractivity contribution is 7.16. The van der Waals surface area contributed by atoms with E-state index in [1.807, 2.05) is 30.3 Å². The van der Waals surface area contributed by atoms with Crippen molar-refractivity contribution in [1.82, 2.24) is 4.98 Å². The molecule has 0 radical (unpaired) electrons. The largest absolute Gasteiger partial charge is 0.436 e. The van der Waals surface area contributed by atoms with E-state index >= 15 is 0 Å². The number of nitrogens with one attached hydrogen (secondary N) is 1. The number of fused-ring (bicyclic) bond motifs is 1. The predicted octanol–water partition coefficient (Wildman–Crippen LogP) is 5.12. The Bertz CT molecular complexity index is 1180. The third-order valence-electron chi connectivity index (χ3n) is 3.86. The Morgan fingerprint density at radius 3 is 2.79 bits per heavy atom. The standard InChI is InChI=1S/C20H13N3O4S/c24-18(10-8-15-9-11-19(28-15)23(25)26)21-14-5-3-4-13(12-14)20-22-16-6-1-2-7-17(16)27-20/h1-12H,(H,21,24). The summed E-state index contributed by atoms with van der Waals surface area (Å²) in [5.41, 5.74) is 2.79. The van der Waals surface area contributed by atoms with E-state index in [0.717, 1.165) is 22.4 Å². The lowest BCUT2D eigenvalue weighted by molar-refractivity contribution is -0.380. The van der Waals surface area contributed by atoms with Gasteiger partial charge in [-0.1, -0.05) is 29.5 Å². The summed E-state index contributed by atoms with van der Waals surface area (Å²) in [6.07, 6.45) is 2.87. The van der Waals surface area contributed by atoms with Crippen LogP contribution in [0.5, 0.6) is 0 Å². The van der Waals surface area contributed by atoms with Crippen molar-refractivity contribution < 1.29 is 14.1 Å². The third kappa shape index (κ3) is 3.81. The zero-order valence-corrected chi connectivity index (χ0v) is 15.2. The Morgan fingerprint density at radius 1 is 1.14 bits per heavy atom. The van der Waals surface area contributed by atoms with Crippen LogP contribution < -0.4 is 5.32 Å². The summed E-state index contributed by atoms with van der Waals surface area (Å²) in [6.45, 7) is 0. The summed E-state index contributed by atoms with van der Waals surface area (Å²) in [7, 11) is 0. The Hall–Kier alpha value is -3.78. The molecule has 2 heterocycles. The number of hydrogen-bond donors (Lipinski definition) is 1. The van der Waals surface area contributed by atoms with Crippen molar-refractivity contribution in [1.29, 1.82) is 0 Å². The number of para-hydroxylation sites is 2. The molecule has 0 aliphatic carbocycles. The second kappa shape index (κ2) is 7.45. The molecule has 0 fully saturated rings. The first-order chi connectivity index (χ1) is 13.6. The molecule has 0 unspecified atom stereocenters. The lowest BCUT2D eigenvalue weighted by Gasteiger charge is -2.03. The van der Waals surface area contributed by atoms with Crippen LogP contribution in [0.4, 0.5) is 10.7 Å². The van der Waals surface area contributed by atoms with E-state index in [-0.39, 0.29) is 10.9 Å². The first-order valence-corrected chi connectivity index (χ1v) is 9.09. The fourth-order valence-corrected chi connectivity index (χ4v) is 3.32. The third-order valence-corrected chi connectivity index (χ3v) is 4.86. The molecule has 2 aromatic heterocycles. The van der Waals surface area contributed by atoms with Gasteiger partial charge in [0.05, 0.1) is 4.92 Å². The molecule has 1 N–H and O–H groups in total. The number of rotatable bonds is 5. The molecule has 0 bridgehead atoms. The molecule has 0 saturated carbocycles. The molecular weight excluding hydrogens is 378 g/mol. The van der Waals surface area contributed by atoms with Gasteiger partial charge >= 0.3 is 5.00 Å². The molecule has 138 valence electrons. The van der Waals surface area contributed by atoms with Crippen LogP contribution in [0.15, 0.2) is 71.2 Å². The smallest absolute Gasteiger partial charge is 0.324 e. The predicted molar refractivity (Wildman–Crippen MR) is 108 cm³/mol. The molecule has 4 aromatic rings. The van der Waals surface area contributed by atoms with Crippen LogP contribution in [-0.2, 0) is 4.79 Å². The topological polar surface area (TPSA) is 98.3 Å². The maximum Gasteiger partial charge on any atom is 0.324 e. The molecule has 0 aliphatic heterocycles. The van der Waals surface area contributed by atoms with Gasteiger partial charge in [0.1, 0.15) is 5.52 Å². The lowest BCUT2D eigenvalue weighted by Crippen LogP contribution is -2.07. The first-order valence-electron chi connectivity index (χ1n) is 8.28. The van der Waals surface area contributed by atoms with Crippen LogP contribution in [0, 0.1) is 10.1 Å². The SMILES string of the molecule is O=C(C=Cc1ccc([N+](=O)[O-])s1)Nc1cccc(-c2nc3ccccc3o2)c1. The Balaban J connectivity index is 1.48. The maximum absolute atomic E-state index is 12.1. The molecule has 0 saturated heterocycles. The fourth-order valence-electron chi connectivity index (χ4n) is 2.60. The van der Waals surface area contributed by atoms with Crippen LogP contribution in [-0.4, -0.2) is 15.8 Å². The van der Waals surface area contributed by atoms with Crippen molar-refractivity contribution in [2.24, 2.45) is 0 Å². The second-order valence-electron chi connectivity index (χ2n) is 5.82. The molecule has 4 rings (SSSR count). The van der Waals surface area contributed by atoms with Gasteiger partial charge in [0, 0.05) is 28.3 Å². The number of nitro groups is 1. The number of benzene rings is 2. The number of carbonyl (C=O) groups excluding carboxylic acids is 1. The number of nitrogens with zero attached hydrogens (tertiary/aromatic N) is 2. The van der Waals surface area contributed by atoms with Crippen LogP contribution in [0.2, 0.25) is 0 Å². The van der Waals surface area contributed by atoms with Gasteiger partial charge in [-0.2, -0.15) is 0 Å². The molecule has 1 amide bonds. The molecule has 2 aromatic carbocycles. The van der Waals surface area contributed by atoms with E-state index in [1.165, 1.54) is 18.2 Å². The van der Waals surface area contributed by atoms with Gasteiger partial charge in [-0.3, -0.25) is 14.9 Å². The Kier molecular flexibility index (Phi) is 4.69. The van der Waals surface area contributed by atoms with Crippen molar-refractivity contribution >= 4 is 45.1 Å². The van der Waals surface area contributed by atoms with Gasteiger partial charge in [-0.25, -0.2) is 4.98 Å². The molecule has 0 spiro atoms. The number of anilines is 1. The Morgan fingerprint density at radius 2 is 2.00 bits per heavy atom. The molecule has 7 nitrogen and oxygen atoms in total. The van der Waals surface area contributed by atoms with Gasteiger partial charge in [-0.15, -0.1) is 0 Å². The number of thiophene rings is 1. The molecule has 0 aliphatic rings. The van der Waals surface area contributed by atoms with E-state index in [1.54, 1.807) is 24.3 Å². The summed E-state index contributed by atoms with van der Waals surface area (Å²) in [5.74, 6) is 0.129. The van der Waals surface area contributed by atoms with Crippen molar-refractivity contribution in [3.63, 3.8) is 0 Å².